The first-order valence-corrected chi connectivity index (χ1v) is 10.5. The molecular weight excluding hydrogens is 319 g/mol. The monoisotopic (exact) mass is 337 g/mol. The maximum absolute atomic E-state index is 10.4. The number of rotatable bonds is 0. The van der Waals surface area contributed by atoms with Crippen molar-refractivity contribution >= 4 is 28.4 Å². The van der Waals surface area contributed by atoms with Crippen LogP contribution in [0.5, 0.6) is 0 Å². The molecule has 2 aliphatic rings. The molecule has 0 radical (unpaired) electrons. The number of benzene rings is 4. The van der Waals surface area contributed by atoms with Gasteiger partial charge in [-0.15, -0.1) is 0 Å². The molecular formula is C24H17P. The summed E-state index contributed by atoms with van der Waals surface area (Å²) in [6.45, 7) is 0. The fraction of sp³-hybridized carbons (Fsp3) is 0. The van der Waals surface area contributed by atoms with Crippen molar-refractivity contribution in [2.75, 3.05) is 0 Å². The predicted octanol–water partition coefficient (Wildman–Crippen LogP) is 4.00. The molecule has 0 saturated heterocycles. The predicted molar refractivity (Wildman–Crippen MR) is 111 cm³/mol. The van der Waals surface area contributed by atoms with Crippen LogP contribution in [0.1, 0.15) is 0 Å². The second-order valence-electron chi connectivity index (χ2n) is 6.74. The van der Waals surface area contributed by atoms with Crippen molar-refractivity contribution in [1.82, 2.24) is 0 Å². The summed E-state index contributed by atoms with van der Waals surface area (Å²) >= 11 is 0. The molecule has 0 aromatic heterocycles. The third-order valence-electron chi connectivity index (χ3n) is 5.64. The van der Waals surface area contributed by atoms with Crippen LogP contribution >= 0.6 is 7.21 Å². The van der Waals surface area contributed by atoms with E-state index in [4.69, 9.17) is 0 Å². The van der Waals surface area contributed by atoms with Gasteiger partial charge in [-0.05, 0) is 0 Å². The van der Waals surface area contributed by atoms with Crippen LogP contribution in [-0.2, 0) is 0 Å². The Balaban J connectivity index is 1.95. The summed E-state index contributed by atoms with van der Waals surface area (Å²) in [7, 11) is -3.42. The van der Waals surface area contributed by atoms with Crippen molar-refractivity contribution in [3.63, 3.8) is 0 Å². The number of hydrogen-bond acceptors (Lipinski definition) is 0. The van der Waals surface area contributed by atoms with E-state index in [0.717, 1.165) is 0 Å². The zero-order chi connectivity index (χ0) is 17.4. The van der Waals surface area contributed by atoms with Gasteiger partial charge in [0.25, 0.3) is 0 Å². The minimum absolute atomic E-state index is 1.19. The van der Waals surface area contributed by atoms with Gasteiger partial charge < -0.3 is 0 Å². The number of fused-ring (bicyclic) bond motifs is 10. The third-order valence-corrected chi connectivity index (χ3v) is 10.1. The van der Waals surface area contributed by atoms with Crippen molar-refractivity contribution in [2.45, 2.75) is 0 Å². The molecule has 0 fully saturated rings. The second kappa shape index (κ2) is 4.69. The minimum atomic E-state index is -3.42. The summed E-state index contributed by atoms with van der Waals surface area (Å²) in [5.41, 5.74) is 4.90. The summed E-state index contributed by atoms with van der Waals surface area (Å²) in [6.07, 6.45) is 0. The molecule has 25 heavy (non-hydrogen) atoms. The van der Waals surface area contributed by atoms with Crippen LogP contribution in [0.2, 0.25) is 0 Å². The van der Waals surface area contributed by atoms with Gasteiger partial charge in [-0.1, -0.05) is 0 Å². The molecule has 0 amide bonds. The van der Waals surface area contributed by atoms with Gasteiger partial charge in [0.15, 0.2) is 0 Å². The van der Waals surface area contributed by atoms with Crippen LogP contribution in [-0.4, -0.2) is 1.28 Å². The second-order valence-corrected chi connectivity index (χ2v) is 10.0. The van der Waals surface area contributed by atoms with Crippen molar-refractivity contribution in [1.29, 1.82) is 1.28 Å². The van der Waals surface area contributed by atoms with Gasteiger partial charge in [-0.2, -0.15) is 0 Å². The molecule has 0 unspecified atom stereocenters. The third kappa shape index (κ3) is 1.48. The van der Waals surface area contributed by atoms with E-state index >= 15 is 0 Å². The molecule has 6 rings (SSSR count). The van der Waals surface area contributed by atoms with E-state index in [2.05, 4.69) is 97.1 Å². The average Bonchev–Trinajstić information content (AvgIpc) is 3.11. The van der Waals surface area contributed by atoms with Crippen LogP contribution in [0, 0.1) is 0 Å². The van der Waals surface area contributed by atoms with Crippen LogP contribution in [0.4, 0.5) is 0 Å². The van der Waals surface area contributed by atoms with Gasteiger partial charge >= 0.3 is 149 Å². The maximum atomic E-state index is 10.4. The van der Waals surface area contributed by atoms with Crippen LogP contribution < -0.4 is 21.2 Å². The summed E-state index contributed by atoms with van der Waals surface area (Å²) in [5.74, 6) is 0. The Bertz CT molecular complexity index is 1030. The van der Waals surface area contributed by atoms with E-state index in [9.17, 15) is 1.28 Å². The molecule has 2 aliphatic heterocycles. The Kier molecular flexibility index (Phi) is 2.37. The summed E-state index contributed by atoms with van der Waals surface area (Å²) < 4.78 is 10.4. The van der Waals surface area contributed by atoms with Crippen LogP contribution in [0.25, 0.3) is 22.3 Å². The van der Waals surface area contributed by atoms with Crippen molar-refractivity contribution in [3.8, 4) is 22.3 Å². The molecule has 0 bridgehead atoms. The molecule has 0 nitrogen and oxygen atoms in total. The van der Waals surface area contributed by atoms with Crippen molar-refractivity contribution in [2.24, 2.45) is 0 Å². The molecule has 0 atom stereocenters. The van der Waals surface area contributed by atoms with E-state index in [0.29, 0.717) is 0 Å². The molecule has 4 aromatic rings. The van der Waals surface area contributed by atoms with E-state index in [1.165, 1.54) is 43.5 Å². The molecule has 1 heteroatoms. The SMILES string of the molecule is [2H]P12(c3ccccc3-c3ccccc31)c1ccccc1-c1ccccc12. The summed E-state index contributed by atoms with van der Waals surface area (Å²) in [5, 5.41) is 4.77. The first-order valence-electron chi connectivity index (χ1n) is 9.15. The quantitative estimate of drug-likeness (QED) is 0.426. The Morgan fingerprint density at radius 1 is 0.400 bits per heavy atom. The Labute approximate surface area is 149 Å². The first kappa shape index (κ1) is 12.6. The fourth-order valence-electron chi connectivity index (χ4n) is 4.75. The van der Waals surface area contributed by atoms with Crippen molar-refractivity contribution in [3.05, 3.63) is 97.1 Å². The first-order chi connectivity index (χ1) is 12.7. The zero-order valence-electron chi connectivity index (χ0n) is 14.7. The molecule has 2 heterocycles. The van der Waals surface area contributed by atoms with Gasteiger partial charge in [-0.3, -0.25) is 0 Å². The van der Waals surface area contributed by atoms with Crippen LogP contribution in [0.3, 0.4) is 0 Å². The topological polar surface area (TPSA) is 0 Å². The standard InChI is InChI=1S/C24H17P/c1-5-13-21-17(9-1)18-10-2-6-14-22(18)25(21)23-15-7-3-11-19(23)20-12-4-8-16-24(20)25/h1-16,25H/i25D. The van der Waals surface area contributed by atoms with Crippen molar-refractivity contribution < 1.29 is 0 Å². The van der Waals surface area contributed by atoms with E-state index in [1.54, 1.807) is 0 Å². The van der Waals surface area contributed by atoms with Crippen LogP contribution in [0.15, 0.2) is 97.1 Å². The zero-order valence-corrected chi connectivity index (χ0v) is 14.6. The van der Waals surface area contributed by atoms with E-state index in [1.807, 2.05) is 0 Å². The summed E-state index contributed by atoms with van der Waals surface area (Å²) in [6, 6.07) is 34.3. The fourth-order valence-corrected chi connectivity index (χ4v) is 9.78. The molecule has 4 aromatic carbocycles. The Hall–Kier alpha value is -2.69. The van der Waals surface area contributed by atoms with E-state index < -0.39 is 7.21 Å². The molecule has 0 saturated carbocycles. The van der Waals surface area contributed by atoms with Gasteiger partial charge in [0, 0.05) is 0 Å². The molecule has 118 valence electrons. The number of hydrogen-bond donors (Lipinski definition) is 0. The summed E-state index contributed by atoms with van der Waals surface area (Å²) in [4.78, 5) is 0. The van der Waals surface area contributed by atoms with Gasteiger partial charge in [0.05, 0.1) is 0 Å². The van der Waals surface area contributed by atoms with Gasteiger partial charge in [0.2, 0.25) is 0 Å². The molecule has 0 N–H and O–H groups in total. The van der Waals surface area contributed by atoms with E-state index in [-0.39, 0.29) is 0 Å². The molecule has 1 spiro atoms. The van der Waals surface area contributed by atoms with Gasteiger partial charge in [0.1, 0.15) is 0 Å². The Morgan fingerprint density at radius 3 is 0.920 bits per heavy atom. The molecule has 0 aliphatic carbocycles. The Morgan fingerprint density at radius 2 is 0.640 bits per heavy atom. The van der Waals surface area contributed by atoms with Gasteiger partial charge in [-0.25, -0.2) is 0 Å². The average molecular weight is 337 g/mol. The normalized spacial score (nSPS) is 19.0.